The first-order valence-corrected chi connectivity index (χ1v) is 7.95. The van der Waals surface area contributed by atoms with Crippen molar-refractivity contribution in [2.75, 3.05) is 12.4 Å². The van der Waals surface area contributed by atoms with Gasteiger partial charge in [-0.15, -0.1) is 0 Å². The zero-order valence-corrected chi connectivity index (χ0v) is 14.6. The van der Waals surface area contributed by atoms with Crippen LogP contribution in [0.25, 0.3) is 10.9 Å². The minimum absolute atomic E-state index is 0.00667. The van der Waals surface area contributed by atoms with Crippen molar-refractivity contribution < 1.29 is 18.7 Å². The molecule has 1 N–H and O–H groups in total. The van der Waals surface area contributed by atoms with Gasteiger partial charge in [0.2, 0.25) is 11.7 Å². The molecule has 3 rings (SSSR count). The molecule has 1 aromatic heterocycles. The lowest BCUT2D eigenvalue weighted by molar-refractivity contribution is -0.117. The molecular formula is C19H15FN4O3. The van der Waals surface area contributed by atoms with Gasteiger partial charge in [0, 0.05) is 18.1 Å². The molecule has 0 aliphatic carbocycles. The van der Waals surface area contributed by atoms with Gasteiger partial charge in [-0.05, 0) is 42.5 Å². The van der Waals surface area contributed by atoms with Gasteiger partial charge in [0.25, 0.3) is 0 Å². The van der Waals surface area contributed by atoms with Gasteiger partial charge >= 0.3 is 0 Å². The summed E-state index contributed by atoms with van der Waals surface area (Å²) in [6, 6.07) is 11.8. The largest absolute Gasteiger partial charge is 0.497 e. The molecule has 7 nitrogen and oxygen atoms in total. The first kappa shape index (κ1) is 18.1. The summed E-state index contributed by atoms with van der Waals surface area (Å²) in [6.45, 7) is 0. The number of hydrogen-bond donors (Lipinski definition) is 1. The van der Waals surface area contributed by atoms with Gasteiger partial charge in [0.1, 0.15) is 17.3 Å². The maximum Gasteiger partial charge on any atom is 0.249 e. The predicted molar refractivity (Wildman–Crippen MR) is 95.7 cm³/mol. The molecule has 1 atom stereocenters. The molecule has 136 valence electrons. The first-order valence-electron chi connectivity index (χ1n) is 7.95. The molecule has 1 unspecified atom stereocenters. The van der Waals surface area contributed by atoms with Crippen LogP contribution in [0, 0.1) is 23.1 Å². The fourth-order valence-electron chi connectivity index (χ4n) is 2.67. The number of ketones is 1. The zero-order valence-electron chi connectivity index (χ0n) is 14.6. The molecule has 0 fully saturated rings. The number of carbonyl (C=O) groups is 2. The number of nitrogens with one attached hydrogen (secondary N) is 1. The van der Waals surface area contributed by atoms with E-state index in [1.54, 1.807) is 31.3 Å². The SMILES string of the molecule is COc1ccc2c(c1)c(C(=O)C(C#N)C(=O)Nc1ccc(F)cc1)nn2C. The number of halogens is 1. The number of fused-ring (bicyclic) bond motifs is 1. The molecule has 0 spiro atoms. The number of methoxy groups -OCH3 is 1. The molecule has 0 radical (unpaired) electrons. The van der Waals surface area contributed by atoms with E-state index in [2.05, 4.69) is 10.4 Å². The van der Waals surface area contributed by atoms with Crippen molar-refractivity contribution in [1.29, 1.82) is 5.26 Å². The number of Topliss-reactive ketones (excluding diaryl/α,β-unsaturated/α-hetero) is 1. The Kier molecular flexibility index (Phi) is 4.86. The summed E-state index contributed by atoms with van der Waals surface area (Å²) in [5, 5.41) is 16.5. The van der Waals surface area contributed by atoms with Crippen LogP contribution in [-0.4, -0.2) is 28.6 Å². The van der Waals surface area contributed by atoms with E-state index in [-0.39, 0.29) is 11.4 Å². The Morgan fingerprint density at radius 2 is 1.96 bits per heavy atom. The van der Waals surface area contributed by atoms with E-state index in [0.29, 0.717) is 16.7 Å². The van der Waals surface area contributed by atoms with E-state index >= 15 is 0 Å². The van der Waals surface area contributed by atoms with Gasteiger partial charge in [-0.25, -0.2) is 4.39 Å². The van der Waals surface area contributed by atoms with Crippen molar-refractivity contribution >= 4 is 28.3 Å². The molecule has 1 amide bonds. The molecule has 0 saturated carbocycles. The van der Waals surface area contributed by atoms with Crippen LogP contribution in [0.3, 0.4) is 0 Å². The third kappa shape index (κ3) is 3.48. The number of carbonyl (C=O) groups excluding carboxylic acids is 2. The lowest BCUT2D eigenvalue weighted by Crippen LogP contribution is -2.29. The molecule has 0 bridgehead atoms. The summed E-state index contributed by atoms with van der Waals surface area (Å²) in [6.07, 6.45) is 0. The highest BCUT2D eigenvalue weighted by Crippen LogP contribution is 2.25. The summed E-state index contributed by atoms with van der Waals surface area (Å²) < 4.78 is 19.6. The second-order valence-electron chi connectivity index (χ2n) is 5.78. The molecule has 27 heavy (non-hydrogen) atoms. The molecule has 0 saturated heterocycles. The van der Waals surface area contributed by atoms with Crippen molar-refractivity contribution in [3.8, 4) is 11.8 Å². The van der Waals surface area contributed by atoms with E-state index in [4.69, 9.17) is 4.74 Å². The van der Waals surface area contributed by atoms with Crippen molar-refractivity contribution in [2.24, 2.45) is 13.0 Å². The van der Waals surface area contributed by atoms with Crippen molar-refractivity contribution in [3.63, 3.8) is 0 Å². The number of aromatic nitrogens is 2. The van der Waals surface area contributed by atoms with Crippen LogP contribution in [0.4, 0.5) is 10.1 Å². The summed E-state index contributed by atoms with van der Waals surface area (Å²) in [7, 11) is 3.15. The van der Waals surface area contributed by atoms with E-state index < -0.39 is 23.4 Å². The lowest BCUT2D eigenvalue weighted by atomic mass is 9.99. The van der Waals surface area contributed by atoms with Crippen LogP contribution in [-0.2, 0) is 11.8 Å². The minimum atomic E-state index is -1.60. The fraction of sp³-hybridized carbons (Fsp3) is 0.158. The van der Waals surface area contributed by atoms with Crippen LogP contribution >= 0.6 is 0 Å². The van der Waals surface area contributed by atoms with E-state index in [9.17, 15) is 19.2 Å². The number of nitrogens with zero attached hydrogens (tertiary/aromatic N) is 3. The van der Waals surface area contributed by atoms with Crippen LogP contribution < -0.4 is 10.1 Å². The normalized spacial score (nSPS) is 11.6. The third-order valence-corrected chi connectivity index (χ3v) is 4.06. The number of anilines is 1. The molecule has 8 heteroatoms. The summed E-state index contributed by atoms with van der Waals surface area (Å²) in [4.78, 5) is 25.2. The Hall–Kier alpha value is -3.73. The Balaban J connectivity index is 1.93. The molecule has 2 aromatic carbocycles. The highest BCUT2D eigenvalue weighted by Gasteiger charge is 2.31. The van der Waals surface area contributed by atoms with Crippen LogP contribution in [0.2, 0.25) is 0 Å². The quantitative estimate of drug-likeness (QED) is 0.553. The zero-order chi connectivity index (χ0) is 19.6. The van der Waals surface area contributed by atoms with Crippen LogP contribution in [0.15, 0.2) is 42.5 Å². The maximum absolute atomic E-state index is 13.0. The number of hydrogen-bond acceptors (Lipinski definition) is 5. The van der Waals surface area contributed by atoms with Crippen LogP contribution in [0.1, 0.15) is 10.5 Å². The van der Waals surface area contributed by atoms with Crippen molar-refractivity contribution in [2.45, 2.75) is 0 Å². The summed E-state index contributed by atoms with van der Waals surface area (Å²) in [5.74, 6) is -3.07. The first-order chi connectivity index (χ1) is 12.9. The fourth-order valence-corrected chi connectivity index (χ4v) is 2.67. The molecule has 0 aliphatic heterocycles. The standard InChI is InChI=1S/C19H15FN4O3/c1-24-16-8-7-13(27-2)9-14(16)17(23-24)18(25)15(10-21)19(26)22-12-5-3-11(20)4-6-12/h3-9,15H,1-2H3,(H,22,26). The maximum atomic E-state index is 13.0. The van der Waals surface area contributed by atoms with E-state index in [1.807, 2.05) is 0 Å². The van der Waals surface area contributed by atoms with E-state index in [1.165, 1.54) is 23.9 Å². The highest BCUT2D eigenvalue weighted by molar-refractivity contribution is 6.18. The Bertz CT molecular complexity index is 1070. The molecule has 0 aliphatic rings. The predicted octanol–water partition coefficient (Wildman–Crippen LogP) is 2.68. The Morgan fingerprint density at radius 3 is 2.59 bits per heavy atom. The minimum Gasteiger partial charge on any atom is -0.497 e. The highest BCUT2D eigenvalue weighted by atomic mass is 19.1. The van der Waals surface area contributed by atoms with E-state index in [0.717, 1.165) is 12.1 Å². The summed E-state index contributed by atoms with van der Waals surface area (Å²) >= 11 is 0. The van der Waals surface area contributed by atoms with Gasteiger partial charge in [-0.3, -0.25) is 14.3 Å². The van der Waals surface area contributed by atoms with Gasteiger partial charge in [0.05, 0.1) is 18.7 Å². The van der Waals surface area contributed by atoms with Crippen molar-refractivity contribution in [1.82, 2.24) is 9.78 Å². The number of amides is 1. The second kappa shape index (κ2) is 7.25. The number of aryl methyl sites for hydroxylation is 1. The van der Waals surface area contributed by atoms with Gasteiger partial charge in [-0.2, -0.15) is 10.4 Å². The average Bonchev–Trinajstić information content (AvgIpc) is 3.00. The monoisotopic (exact) mass is 366 g/mol. The van der Waals surface area contributed by atoms with Crippen LogP contribution in [0.5, 0.6) is 5.75 Å². The molecular weight excluding hydrogens is 351 g/mol. The number of rotatable bonds is 5. The third-order valence-electron chi connectivity index (χ3n) is 4.06. The molecule has 3 aromatic rings. The topological polar surface area (TPSA) is 97.0 Å². The van der Waals surface area contributed by atoms with Gasteiger partial charge in [-0.1, -0.05) is 0 Å². The number of nitriles is 1. The number of benzene rings is 2. The van der Waals surface area contributed by atoms with Gasteiger partial charge < -0.3 is 10.1 Å². The average molecular weight is 366 g/mol. The lowest BCUT2D eigenvalue weighted by Gasteiger charge is -2.09. The Morgan fingerprint density at radius 1 is 1.26 bits per heavy atom. The molecule has 1 heterocycles. The Labute approximate surface area is 154 Å². The van der Waals surface area contributed by atoms with Crippen molar-refractivity contribution in [3.05, 3.63) is 54.0 Å². The summed E-state index contributed by atoms with van der Waals surface area (Å²) in [5.41, 5.74) is 0.948. The smallest absolute Gasteiger partial charge is 0.249 e. The van der Waals surface area contributed by atoms with Gasteiger partial charge in [0.15, 0.2) is 5.92 Å². The number of ether oxygens (including phenoxy) is 1. The second-order valence-corrected chi connectivity index (χ2v) is 5.78.